The summed E-state index contributed by atoms with van der Waals surface area (Å²) in [6, 6.07) is 7.35. The van der Waals surface area contributed by atoms with Gasteiger partial charge in [-0.15, -0.1) is 0 Å². The zero-order valence-corrected chi connectivity index (χ0v) is 17.9. The lowest BCUT2D eigenvalue weighted by atomic mass is 10.1. The summed E-state index contributed by atoms with van der Waals surface area (Å²) >= 11 is 1.43. The third-order valence-electron chi connectivity index (χ3n) is 5.47. The van der Waals surface area contributed by atoms with Crippen LogP contribution in [0.1, 0.15) is 10.4 Å². The molecular weight excluding hydrogens is 418 g/mol. The van der Waals surface area contributed by atoms with Crippen LogP contribution in [0.25, 0.3) is 10.2 Å². The molecule has 2 aliphatic heterocycles. The molecule has 2 N–H and O–H groups in total. The van der Waals surface area contributed by atoms with Gasteiger partial charge in [-0.25, -0.2) is 9.97 Å². The molecule has 2 fully saturated rings. The van der Waals surface area contributed by atoms with Crippen LogP contribution in [0.2, 0.25) is 0 Å². The number of aliphatic hydroxyl groups excluding tert-OH is 1. The first-order valence-corrected chi connectivity index (χ1v) is 10.9. The molecule has 2 aromatic heterocycles. The maximum absolute atomic E-state index is 12.9. The second-order valence-electron chi connectivity index (χ2n) is 7.50. The van der Waals surface area contributed by atoms with Crippen molar-refractivity contribution < 1.29 is 19.4 Å². The number of aliphatic hydroxyl groups is 1. The number of nitrogens with zero attached hydrogens (tertiary/aromatic N) is 4. The molecule has 3 aromatic rings. The summed E-state index contributed by atoms with van der Waals surface area (Å²) in [5.41, 5.74) is 2.29. The van der Waals surface area contributed by atoms with E-state index in [1.54, 1.807) is 25.4 Å². The molecule has 0 atom stereocenters. The van der Waals surface area contributed by atoms with Gasteiger partial charge in [-0.2, -0.15) is 0 Å². The van der Waals surface area contributed by atoms with Crippen molar-refractivity contribution in [3.05, 3.63) is 36.0 Å². The van der Waals surface area contributed by atoms with Crippen molar-refractivity contribution in [2.75, 3.05) is 61.6 Å². The summed E-state index contributed by atoms with van der Waals surface area (Å²) in [5, 5.41) is 12.9. The van der Waals surface area contributed by atoms with Crippen LogP contribution in [-0.2, 0) is 4.74 Å². The number of amides is 1. The smallest absolute Gasteiger partial charge is 0.257 e. The van der Waals surface area contributed by atoms with Gasteiger partial charge in [0, 0.05) is 37.9 Å². The summed E-state index contributed by atoms with van der Waals surface area (Å²) in [6.07, 6.45) is 1.27. The third kappa shape index (κ3) is 3.89. The van der Waals surface area contributed by atoms with Gasteiger partial charge in [0.05, 0.1) is 36.8 Å². The van der Waals surface area contributed by atoms with E-state index in [1.165, 1.54) is 11.3 Å². The van der Waals surface area contributed by atoms with Crippen molar-refractivity contribution in [1.29, 1.82) is 0 Å². The average molecular weight is 442 g/mol. The zero-order chi connectivity index (χ0) is 21.4. The average Bonchev–Trinajstić information content (AvgIpc) is 3.20. The first-order chi connectivity index (χ1) is 15.1. The minimum atomic E-state index is -0.335. The van der Waals surface area contributed by atoms with E-state index in [1.807, 2.05) is 17.0 Å². The molecule has 0 saturated carbocycles. The molecule has 9 nitrogen and oxygen atoms in total. The van der Waals surface area contributed by atoms with E-state index < -0.39 is 0 Å². The number of nitrogens with one attached hydrogen (secondary N) is 1. The molecule has 0 unspecified atom stereocenters. The van der Waals surface area contributed by atoms with E-state index in [2.05, 4.69) is 20.2 Å². The fraction of sp³-hybridized carbons (Fsp3) is 0.381. The monoisotopic (exact) mass is 441 g/mol. The Labute approximate surface area is 183 Å². The molecule has 2 saturated heterocycles. The maximum atomic E-state index is 12.9. The highest BCUT2D eigenvalue weighted by Crippen LogP contribution is 2.39. The predicted octanol–water partition coefficient (Wildman–Crippen LogP) is 1.97. The summed E-state index contributed by atoms with van der Waals surface area (Å²) in [4.78, 5) is 26.0. The van der Waals surface area contributed by atoms with E-state index in [9.17, 15) is 9.90 Å². The van der Waals surface area contributed by atoms with E-state index in [0.29, 0.717) is 48.6 Å². The van der Waals surface area contributed by atoms with Crippen LogP contribution in [0.3, 0.4) is 0 Å². The van der Waals surface area contributed by atoms with Crippen molar-refractivity contribution in [1.82, 2.24) is 9.97 Å². The van der Waals surface area contributed by atoms with Gasteiger partial charge in [0.1, 0.15) is 17.1 Å². The summed E-state index contributed by atoms with van der Waals surface area (Å²) in [7, 11) is 1.62. The predicted molar refractivity (Wildman–Crippen MR) is 120 cm³/mol. The van der Waals surface area contributed by atoms with Crippen LogP contribution in [0.4, 0.5) is 16.6 Å². The number of morpholine rings is 1. The largest absolute Gasteiger partial charge is 0.494 e. The minimum Gasteiger partial charge on any atom is -0.494 e. The van der Waals surface area contributed by atoms with Gasteiger partial charge >= 0.3 is 0 Å². The number of β-amino-alcohol motifs (C(OH)–C–C–N with tert-alkyl or cyclic N) is 1. The third-order valence-corrected chi connectivity index (χ3v) is 6.47. The fourth-order valence-corrected chi connectivity index (χ4v) is 4.80. The van der Waals surface area contributed by atoms with Crippen molar-refractivity contribution in [2.24, 2.45) is 0 Å². The lowest BCUT2D eigenvalue weighted by Crippen LogP contribution is -2.51. The molecule has 0 radical (unpaired) electrons. The highest BCUT2D eigenvalue weighted by molar-refractivity contribution is 7.23. The Morgan fingerprint density at radius 1 is 1.26 bits per heavy atom. The number of hydrogen-bond acceptors (Lipinski definition) is 9. The Balaban J connectivity index is 1.41. The second-order valence-corrected chi connectivity index (χ2v) is 8.50. The van der Waals surface area contributed by atoms with Crippen molar-refractivity contribution in [2.45, 2.75) is 6.10 Å². The van der Waals surface area contributed by atoms with Gasteiger partial charge in [-0.05, 0) is 24.3 Å². The number of rotatable bonds is 5. The summed E-state index contributed by atoms with van der Waals surface area (Å²) in [5.74, 6) is 1.10. The zero-order valence-electron chi connectivity index (χ0n) is 17.1. The number of fused-ring (bicyclic) bond motifs is 1. The lowest BCUT2D eigenvalue weighted by Gasteiger charge is -2.36. The van der Waals surface area contributed by atoms with Gasteiger partial charge in [0.15, 0.2) is 5.13 Å². The Bertz CT molecular complexity index is 1110. The Morgan fingerprint density at radius 3 is 2.81 bits per heavy atom. The topological polar surface area (TPSA) is 100 Å². The number of benzene rings is 1. The van der Waals surface area contributed by atoms with Crippen LogP contribution in [0, 0.1) is 0 Å². The summed E-state index contributed by atoms with van der Waals surface area (Å²) in [6.45, 7) is 4.06. The number of aromatic nitrogens is 2. The molecule has 0 spiro atoms. The first kappa shape index (κ1) is 20.0. The normalized spacial score (nSPS) is 17.0. The first-order valence-electron chi connectivity index (χ1n) is 10.1. The molecule has 5 rings (SSSR count). The molecule has 1 amide bonds. The second kappa shape index (κ2) is 8.29. The number of carbonyl (C=O) groups is 1. The Kier molecular flexibility index (Phi) is 5.34. The number of anilines is 3. The van der Waals surface area contributed by atoms with E-state index in [-0.39, 0.29) is 12.0 Å². The number of pyridine rings is 1. The van der Waals surface area contributed by atoms with Gasteiger partial charge in [0.2, 0.25) is 0 Å². The molecule has 1 aromatic carbocycles. The highest BCUT2D eigenvalue weighted by atomic mass is 32.1. The molecule has 2 aliphatic rings. The van der Waals surface area contributed by atoms with Crippen molar-refractivity contribution in [3.8, 4) is 5.75 Å². The number of thiazole rings is 1. The highest BCUT2D eigenvalue weighted by Gasteiger charge is 2.26. The van der Waals surface area contributed by atoms with Crippen LogP contribution >= 0.6 is 11.3 Å². The molecule has 10 heteroatoms. The van der Waals surface area contributed by atoms with E-state index in [4.69, 9.17) is 9.47 Å². The number of methoxy groups -OCH3 is 1. The number of ether oxygens (including phenoxy) is 2. The van der Waals surface area contributed by atoms with Gasteiger partial charge < -0.3 is 24.4 Å². The maximum Gasteiger partial charge on any atom is 0.257 e. The quantitative estimate of drug-likeness (QED) is 0.620. The van der Waals surface area contributed by atoms with Gasteiger partial charge in [0.25, 0.3) is 5.91 Å². The summed E-state index contributed by atoms with van der Waals surface area (Å²) < 4.78 is 11.9. The van der Waals surface area contributed by atoms with E-state index in [0.717, 1.165) is 29.0 Å². The fourth-order valence-electron chi connectivity index (χ4n) is 3.79. The van der Waals surface area contributed by atoms with Crippen molar-refractivity contribution in [3.63, 3.8) is 0 Å². The SMILES string of the molecule is COc1ccc(N2CCOCC2)c2sc(NC(=O)c3ccnc(N4CC(O)C4)c3)nc12. The lowest BCUT2D eigenvalue weighted by molar-refractivity contribution is 0.102. The number of carbonyl (C=O) groups excluding carboxylic acids is 1. The van der Waals surface area contributed by atoms with Crippen LogP contribution in [0.15, 0.2) is 30.5 Å². The number of hydrogen-bond donors (Lipinski definition) is 2. The Hall–Kier alpha value is -2.95. The van der Waals surface area contributed by atoms with Crippen molar-refractivity contribution >= 4 is 44.1 Å². The molecule has 0 bridgehead atoms. The standard InChI is InChI=1S/C21H23N5O4S/c1-29-16-3-2-15(25-6-8-30-9-7-25)19-18(16)23-21(31-19)24-20(28)13-4-5-22-17(10-13)26-11-14(27)12-26/h2-5,10,14,27H,6-9,11-12H2,1H3,(H,23,24,28). The Morgan fingerprint density at radius 2 is 2.06 bits per heavy atom. The van der Waals surface area contributed by atoms with Crippen LogP contribution in [-0.4, -0.2) is 73.6 Å². The molecule has 0 aliphatic carbocycles. The molecule has 4 heterocycles. The minimum absolute atomic E-state index is 0.254. The van der Waals surface area contributed by atoms with Crippen LogP contribution < -0.4 is 19.9 Å². The van der Waals surface area contributed by atoms with Gasteiger partial charge in [-0.1, -0.05) is 11.3 Å². The van der Waals surface area contributed by atoms with E-state index >= 15 is 0 Å². The molecule has 31 heavy (non-hydrogen) atoms. The van der Waals surface area contributed by atoms with Crippen LogP contribution in [0.5, 0.6) is 5.75 Å². The molecule has 162 valence electrons. The van der Waals surface area contributed by atoms with Gasteiger partial charge in [-0.3, -0.25) is 10.1 Å². The molecular formula is C21H23N5O4S.